The number of aromatic carboxylic acids is 1. The van der Waals surface area contributed by atoms with Crippen LogP contribution in [0.5, 0.6) is 0 Å². The maximum absolute atomic E-state index is 13.8. The zero-order valence-electron chi connectivity index (χ0n) is 26.5. The minimum Gasteiger partial charge on any atom is -0.478 e. The number of allylic oxidation sites excluding steroid dienone is 2. The summed E-state index contributed by atoms with van der Waals surface area (Å²) in [6.07, 6.45) is 1.88. The van der Waals surface area contributed by atoms with Gasteiger partial charge in [-0.05, 0) is 101 Å². The molecule has 0 spiro atoms. The lowest BCUT2D eigenvalue weighted by molar-refractivity contribution is 0.0697. The van der Waals surface area contributed by atoms with Crippen molar-refractivity contribution in [2.24, 2.45) is 5.92 Å². The van der Waals surface area contributed by atoms with E-state index in [1.54, 1.807) is 12.1 Å². The Bertz CT molecular complexity index is 1850. The van der Waals surface area contributed by atoms with Gasteiger partial charge in [-0.25, -0.2) is 4.79 Å². The minimum atomic E-state index is -0.920. The summed E-state index contributed by atoms with van der Waals surface area (Å²) in [7, 11) is 0. The fraction of sp³-hybridized carbons (Fsp3) is 0.190. The fourth-order valence-electron chi connectivity index (χ4n) is 6.78. The molecule has 2 unspecified atom stereocenters. The quantitative estimate of drug-likeness (QED) is 0.185. The van der Waals surface area contributed by atoms with E-state index < -0.39 is 5.97 Å². The van der Waals surface area contributed by atoms with Crippen molar-refractivity contribution in [3.8, 4) is 11.1 Å². The average Bonchev–Trinajstić information content (AvgIpc) is 3.18. The van der Waals surface area contributed by atoms with E-state index in [9.17, 15) is 14.7 Å². The molecule has 46 heavy (non-hydrogen) atoms. The highest BCUT2D eigenvalue weighted by Crippen LogP contribution is 2.42. The first-order chi connectivity index (χ1) is 22.3. The van der Waals surface area contributed by atoms with Crippen molar-refractivity contribution in [1.29, 1.82) is 0 Å². The number of carboxylic acid groups (broad SMARTS) is 1. The van der Waals surface area contributed by atoms with Crippen LogP contribution in [0.15, 0.2) is 133 Å². The molecule has 0 fully saturated rings. The number of fused-ring (bicyclic) bond motifs is 1. The number of carbonyl (C=O) groups is 2. The molecule has 0 saturated heterocycles. The van der Waals surface area contributed by atoms with Crippen LogP contribution in [0, 0.1) is 5.92 Å². The number of carbonyl (C=O) groups excluding carboxylic acids is 1. The summed E-state index contributed by atoms with van der Waals surface area (Å²) in [4.78, 5) is 25.5. The summed E-state index contributed by atoms with van der Waals surface area (Å²) in [5.74, 6) is -0.345. The number of benzene rings is 5. The molecule has 0 aromatic heterocycles. The molecule has 0 aliphatic heterocycles. The van der Waals surface area contributed by atoms with E-state index in [2.05, 4.69) is 74.6 Å². The van der Waals surface area contributed by atoms with Gasteiger partial charge in [0.05, 0.1) is 11.6 Å². The normalized spacial score (nSPS) is 16.1. The molecule has 230 valence electrons. The molecule has 0 saturated carbocycles. The highest BCUT2D eigenvalue weighted by molar-refractivity contribution is 5.96. The van der Waals surface area contributed by atoms with E-state index in [0.717, 1.165) is 40.7 Å². The summed E-state index contributed by atoms with van der Waals surface area (Å²) in [5.41, 5.74) is 10.9. The van der Waals surface area contributed by atoms with E-state index in [1.807, 2.05) is 66.7 Å². The largest absolute Gasteiger partial charge is 0.478 e. The van der Waals surface area contributed by atoms with Crippen molar-refractivity contribution in [3.63, 3.8) is 0 Å². The van der Waals surface area contributed by atoms with E-state index in [-0.39, 0.29) is 17.9 Å². The Balaban J connectivity index is 1.24. The Labute approximate surface area is 271 Å². The zero-order chi connectivity index (χ0) is 32.2. The number of carboxylic acids is 1. The fourth-order valence-corrected chi connectivity index (χ4v) is 6.78. The Kier molecular flexibility index (Phi) is 8.98. The topological polar surface area (TPSA) is 66.4 Å². The van der Waals surface area contributed by atoms with Gasteiger partial charge in [0.25, 0.3) is 5.91 Å². The first kappa shape index (κ1) is 30.8. The van der Waals surface area contributed by atoms with Crippen LogP contribution in [0.25, 0.3) is 16.7 Å². The third-order valence-corrected chi connectivity index (χ3v) is 9.59. The van der Waals surface area contributed by atoms with Gasteiger partial charge in [-0.15, -0.1) is 0 Å². The SMILES string of the molecule is CC1=C(C)c2cc(C(=O)NC(c3ccccc3)c3ccccc3)ccc2C(C)C(Cc2ccc(-c3ccccc3C(=O)O)cc2)C1. The average molecular weight is 606 g/mol. The van der Waals surface area contributed by atoms with Gasteiger partial charge in [0.1, 0.15) is 0 Å². The second-order valence-electron chi connectivity index (χ2n) is 12.4. The monoisotopic (exact) mass is 605 g/mol. The number of rotatable bonds is 8. The lowest BCUT2D eigenvalue weighted by Crippen LogP contribution is -2.29. The summed E-state index contributed by atoms with van der Waals surface area (Å²) < 4.78 is 0. The van der Waals surface area contributed by atoms with Crippen molar-refractivity contribution >= 4 is 17.4 Å². The number of hydrogen-bond donors (Lipinski definition) is 2. The van der Waals surface area contributed by atoms with Crippen molar-refractivity contribution in [3.05, 3.63) is 172 Å². The van der Waals surface area contributed by atoms with Crippen molar-refractivity contribution < 1.29 is 14.7 Å². The standard InChI is InChI=1S/C42H39NO3/c1-27-24-35(25-30-18-20-31(21-19-30)37-16-10-11-17-38(37)42(45)46)29(3)36-23-22-34(26-39(36)28(27)2)41(44)43-40(32-12-6-4-7-13-32)33-14-8-5-9-15-33/h4-23,26,29,35,40H,24-25H2,1-3H3,(H,43,44)(H,45,46). The molecular weight excluding hydrogens is 566 g/mol. The Morgan fingerprint density at radius 3 is 2.00 bits per heavy atom. The molecule has 2 atom stereocenters. The molecule has 1 aliphatic carbocycles. The molecule has 2 N–H and O–H groups in total. The van der Waals surface area contributed by atoms with Crippen molar-refractivity contribution in [2.75, 3.05) is 0 Å². The Morgan fingerprint density at radius 2 is 1.37 bits per heavy atom. The summed E-state index contributed by atoms with van der Waals surface area (Å²) in [6.45, 7) is 6.69. The van der Waals surface area contributed by atoms with Crippen LogP contribution in [0.3, 0.4) is 0 Å². The van der Waals surface area contributed by atoms with Crippen LogP contribution >= 0.6 is 0 Å². The molecular formula is C42H39NO3. The Morgan fingerprint density at radius 1 is 0.761 bits per heavy atom. The molecule has 0 radical (unpaired) electrons. The van der Waals surface area contributed by atoms with Gasteiger partial charge in [0.2, 0.25) is 0 Å². The molecule has 1 aliphatic rings. The summed E-state index contributed by atoms with van der Waals surface area (Å²) in [6, 6.07) is 41.6. The first-order valence-electron chi connectivity index (χ1n) is 15.9. The van der Waals surface area contributed by atoms with Crippen LogP contribution in [0.2, 0.25) is 0 Å². The zero-order valence-corrected chi connectivity index (χ0v) is 26.5. The van der Waals surface area contributed by atoms with Crippen LogP contribution in [-0.2, 0) is 6.42 Å². The van der Waals surface area contributed by atoms with Gasteiger partial charge < -0.3 is 10.4 Å². The van der Waals surface area contributed by atoms with Crippen LogP contribution in [-0.4, -0.2) is 17.0 Å². The van der Waals surface area contributed by atoms with Crippen LogP contribution in [0.4, 0.5) is 0 Å². The van der Waals surface area contributed by atoms with E-state index in [4.69, 9.17) is 0 Å². The minimum absolute atomic E-state index is 0.0935. The number of amides is 1. The molecule has 1 amide bonds. The third kappa shape index (κ3) is 6.43. The van der Waals surface area contributed by atoms with Gasteiger partial charge in [-0.3, -0.25) is 4.79 Å². The van der Waals surface area contributed by atoms with Crippen molar-refractivity contribution in [1.82, 2.24) is 5.32 Å². The lowest BCUT2D eigenvalue weighted by Gasteiger charge is -2.25. The van der Waals surface area contributed by atoms with Crippen LogP contribution < -0.4 is 5.32 Å². The Hall–Kier alpha value is -5.22. The molecule has 0 heterocycles. The van der Waals surface area contributed by atoms with Gasteiger partial charge in [0, 0.05) is 5.56 Å². The maximum Gasteiger partial charge on any atom is 0.336 e. The summed E-state index contributed by atoms with van der Waals surface area (Å²) >= 11 is 0. The van der Waals surface area contributed by atoms with Crippen molar-refractivity contribution in [2.45, 2.75) is 45.6 Å². The number of nitrogens with one attached hydrogen (secondary N) is 1. The van der Waals surface area contributed by atoms with Gasteiger partial charge in [-0.2, -0.15) is 0 Å². The second-order valence-corrected chi connectivity index (χ2v) is 12.4. The molecule has 5 aromatic rings. The second kappa shape index (κ2) is 13.4. The maximum atomic E-state index is 13.8. The smallest absolute Gasteiger partial charge is 0.336 e. The van der Waals surface area contributed by atoms with Gasteiger partial charge in [0.15, 0.2) is 0 Å². The highest BCUT2D eigenvalue weighted by atomic mass is 16.4. The van der Waals surface area contributed by atoms with E-state index in [0.29, 0.717) is 17.0 Å². The number of hydrogen-bond acceptors (Lipinski definition) is 2. The molecule has 4 heteroatoms. The van der Waals surface area contributed by atoms with Crippen LogP contribution in [0.1, 0.15) is 87.7 Å². The predicted octanol–water partition coefficient (Wildman–Crippen LogP) is 9.73. The van der Waals surface area contributed by atoms with Gasteiger partial charge >= 0.3 is 5.97 Å². The van der Waals surface area contributed by atoms with E-state index in [1.165, 1.54) is 22.3 Å². The summed E-state index contributed by atoms with van der Waals surface area (Å²) in [5, 5.41) is 12.9. The molecule has 6 rings (SSSR count). The predicted molar refractivity (Wildman–Crippen MR) is 186 cm³/mol. The highest BCUT2D eigenvalue weighted by Gasteiger charge is 2.28. The molecule has 5 aromatic carbocycles. The van der Waals surface area contributed by atoms with Gasteiger partial charge in [-0.1, -0.05) is 122 Å². The molecule has 0 bridgehead atoms. The lowest BCUT2D eigenvalue weighted by atomic mass is 9.80. The van der Waals surface area contributed by atoms with E-state index >= 15 is 0 Å². The first-order valence-corrected chi connectivity index (χ1v) is 15.9. The molecule has 4 nitrogen and oxygen atoms in total. The third-order valence-electron chi connectivity index (χ3n) is 9.59.